The molecule has 120 valence electrons. The number of hydrogen-bond acceptors (Lipinski definition) is 3. The van der Waals surface area contributed by atoms with Gasteiger partial charge < -0.3 is 9.47 Å². The van der Waals surface area contributed by atoms with Gasteiger partial charge in [-0.3, -0.25) is 4.90 Å². The van der Waals surface area contributed by atoms with Crippen molar-refractivity contribution in [3.8, 4) is 0 Å². The third-order valence-electron chi connectivity index (χ3n) is 4.54. The molecule has 0 amide bonds. The topological polar surface area (TPSA) is 21.7 Å². The Bertz CT molecular complexity index is 492. The lowest BCUT2D eigenvalue weighted by Crippen LogP contribution is -2.38. The van der Waals surface area contributed by atoms with Gasteiger partial charge in [-0.2, -0.15) is 0 Å². The van der Waals surface area contributed by atoms with Crippen molar-refractivity contribution in [2.75, 3.05) is 32.8 Å². The summed E-state index contributed by atoms with van der Waals surface area (Å²) >= 11 is 0. The highest BCUT2D eigenvalue weighted by molar-refractivity contribution is 5.52. The van der Waals surface area contributed by atoms with Crippen LogP contribution in [0.15, 0.2) is 24.3 Å². The van der Waals surface area contributed by atoms with Crippen LogP contribution in [0.4, 0.5) is 0 Å². The molecule has 3 rings (SSSR count). The molecule has 0 spiro atoms. The number of rotatable bonds is 4. The van der Waals surface area contributed by atoms with E-state index in [9.17, 15) is 0 Å². The Morgan fingerprint density at radius 2 is 1.68 bits per heavy atom. The fourth-order valence-corrected chi connectivity index (χ4v) is 3.40. The first kappa shape index (κ1) is 15.7. The Morgan fingerprint density at radius 3 is 2.32 bits per heavy atom. The van der Waals surface area contributed by atoms with Crippen LogP contribution in [0.2, 0.25) is 0 Å². The molecular weight excluding hydrogens is 274 g/mol. The van der Waals surface area contributed by atoms with Crippen molar-refractivity contribution in [3.05, 3.63) is 41.0 Å². The molecule has 0 aliphatic carbocycles. The average molecular weight is 301 g/mol. The highest BCUT2D eigenvalue weighted by atomic mass is 16.7. The van der Waals surface area contributed by atoms with E-state index in [1.54, 1.807) is 0 Å². The molecule has 2 fully saturated rings. The summed E-state index contributed by atoms with van der Waals surface area (Å²) in [7, 11) is 0. The maximum atomic E-state index is 5.53. The van der Waals surface area contributed by atoms with E-state index < -0.39 is 0 Å². The highest BCUT2D eigenvalue weighted by Gasteiger charge is 2.23. The molecule has 0 aromatic heterocycles. The smallest absolute Gasteiger partial charge is 0.170 e. The van der Waals surface area contributed by atoms with E-state index >= 15 is 0 Å². The summed E-state index contributed by atoms with van der Waals surface area (Å²) in [6.07, 6.45) is 7.15. The number of allylic oxidation sites excluding steroid dienone is 1. The van der Waals surface area contributed by atoms with Gasteiger partial charge in [-0.15, -0.1) is 0 Å². The highest BCUT2D eigenvalue weighted by Crippen LogP contribution is 2.21. The molecule has 3 nitrogen and oxygen atoms in total. The van der Waals surface area contributed by atoms with Crippen LogP contribution < -0.4 is 0 Å². The van der Waals surface area contributed by atoms with E-state index in [2.05, 4.69) is 49.1 Å². The van der Waals surface area contributed by atoms with Gasteiger partial charge in [0.2, 0.25) is 0 Å². The number of ether oxygens (including phenoxy) is 2. The number of aryl methyl sites for hydroxylation is 2. The van der Waals surface area contributed by atoms with Crippen molar-refractivity contribution >= 4 is 6.08 Å². The summed E-state index contributed by atoms with van der Waals surface area (Å²) in [5.41, 5.74) is 4.00. The quantitative estimate of drug-likeness (QED) is 0.851. The van der Waals surface area contributed by atoms with E-state index in [0.29, 0.717) is 5.92 Å². The summed E-state index contributed by atoms with van der Waals surface area (Å²) in [6, 6.07) is 6.74. The second-order valence-electron chi connectivity index (χ2n) is 6.59. The zero-order chi connectivity index (χ0) is 15.4. The Labute approximate surface area is 133 Å². The van der Waals surface area contributed by atoms with Gasteiger partial charge in [0.15, 0.2) is 6.29 Å². The molecular formula is C19H27NO2. The standard InChI is InChI=1S/C19H27NO2/c1-15-11-16(2)13-18(12-15)4-3-17-5-7-20(8-6-17)14-19-21-9-10-22-19/h3-4,11-13,17,19H,5-10,14H2,1-2H3/b4-3+. The fraction of sp³-hybridized carbons (Fsp3) is 0.579. The Hall–Kier alpha value is -1.16. The largest absolute Gasteiger partial charge is 0.349 e. The molecule has 2 aliphatic rings. The molecule has 1 aromatic carbocycles. The Morgan fingerprint density at radius 1 is 1.05 bits per heavy atom. The maximum absolute atomic E-state index is 5.53. The molecule has 2 aliphatic heterocycles. The van der Waals surface area contributed by atoms with E-state index in [-0.39, 0.29) is 6.29 Å². The molecule has 3 heteroatoms. The van der Waals surface area contributed by atoms with Crippen LogP contribution >= 0.6 is 0 Å². The van der Waals surface area contributed by atoms with E-state index in [1.807, 2.05) is 0 Å². The monoisotopic (exact) mass is 301 g/mol. The summed E-state index contributed by atoms with van der Waals surface area (Å²) in [4.78, 5) is 2.47. The molecule has 0 bridgehead atoms. The van der Waals surface area contributed by atoms with E-state index in [1.165, 1.54) is 29.5 Å². The van der Waals surface area contributed by atoms with Crippen LogP contribution in [0.1, 0.15) is 29.5 Å². The number of piperidine rings is 1. The van der Waals surface area contributed by atoms with Crippen LogP contribution in [0, 0.1) is 19.8 Å². The number of benzene rings is 1. The number of likely N-dealkylation sites (tertiary alicyclic amines) is 1. The first-order valence-electron chi connectivity index (χ1n) is 8.41. The first-order valence-corrected chi connectivity index (χ1v) is 8.41. The minimum Gasteiger partial charge on any atom is -0.349 e. The fourth-order valence-electron chi connectivity index (χ4n) is 3.40. The van der Waals surface area contributed by atoms with Crippen molar-refractivity contribution in [1.29, 1.82) is 0 Å². The molecule has 0 radical (unpaired) electrons. The lowest BCUT2D eigenvalue weighted by Gasteiger charge is -2.31. The molecule has 22 heavy (non-hydrogen) atoms. The molecule has 1 aromatic rings. The number of hydrogen-bond donors (Lipinski definition) is 0. The predicted molar refractivity (Wildman–Crippen MR) is 89.8 cm³/mol. The van der Waals surface area contributed by atoms with Gasteiger partial charge in [-0.25, -0.2) is 0 Å². The SMILES string of the molecule is Cc1cc(C)cc(/C=C/C2CCN(CC3OCCO3)CC2)c1. The summed E-state index contributed by atoms with van der Waals surface area (Å²) < 4.78 is 11.1. The Balaban J connectivity index is 1.47. The van der Waals surface area contributed by atoms with Crippen LogP contribution in [0.3, 0.4) is 0 Å². The molecule has 0 unspecified atom stereocenters. The van der Waals surface area contributed by atoms with Gasteiger partial charge in [-0.1, -0.05) is 41.5 Å². The molecule has 0 N–H and O–H groups in total. The van der Waals surface area contributed by atoms with Crippen molar-refractivity contribution < 1.29 is 9.47 Å². The zero-order valence-corrected chi connectivity index (χ0v) is 13.8. The third kappa shape index (κ3) is 4.42. The van der Waals surface area contributed by atoms with Gasteiger partial charge in [0, 0.05) is 6.54 Å². The van der Waals surface area contributed by atoms with Crippen molar-refractivity contribution in [2.45, 2.75) is 33.0 Å². The lowest BCUT2D eigenvalue weighted by molar-refractivity contribution is -0.0652. The molecule has 2 saturated heterocycles. The molecule has 0 saturated carbocycles. The lowest BCUT2D eigenvalue weighted by atomic mass is 9.95. The number of nitrogens with zero attached hydrogens (tertiary/aromatic N) is 1. The van der Waals surface area contributed by atoms with Gasteiger partial charge in [-0.05, 0) is 51.3 Å². The zero-order valence-electron chi connectivity index (χ0n) is 13.8. The van der Waals surface area contributed by atoms with Gasteiger partial charge in [0.25, 0.3) is 0 Å². The van der Waals surface area contributed by atoms with E-state index in [0.717, 1.165) is 32.8 Å². The van der Waals surface area contributed by atoms with Crippen LogP contribution in [-0.4, -0.2) is 44.0 Å². The van der Waals surface area contributed by atoms with Gasteiger partial charge in [0.05, 0.1) is 13.2 Å². The minimum atomic E-state index is 0.00219. The molecule has 0 atom stereocenters. The normalized spacial score (nSPS) is 21.9. The first-order chi connectivity index (χ1) is 10.7. The minimum absolute atomic E-state index is 0.00219. The second kappa shape index (κ2) is 7.40. The predicted octanol–water partition coefficient (Wildman–Crippen LogP) is 3.40. The van der Waals surface area contributed by atoms with Crippen LogP contribution in [0.25, 0.3) is 6.08 Å². The maximum Gasteiger partial charge on any atom is 0.170 e. The van der Waals surface area contributed by atoms with Crippen LogP contribution in [-0.2, 0) is 9.47 Å². The van der Waals surface area contributed by atoms with Gasteiger partial charge >= 0.3 is 0 Å². The third-order valence-corrected chi connectivity index (χ3v) is 4.54. The van der Waals surface area contributed by atoms with Gasteiger partial charge in [0.1, 0.15) is 0 Å². The summed E-state index contributed by atoms with van der Waals surface area (Å²) in [5, 5.41) is 0. The van der Waals surface area contributed by atoms with Crippen molar-refractivity contribution in [2.24, 2.45) is 5.92 Å². The Kier molecular flexibility index (Phi) is 5.29. The van der Waals surface area contributed by atoms with Crippen molar-refractivity contribution in [1.82, 2.24) is 4.90 Å². The van der Waals surface area contributed by atoms with Crippen molar-refractivity contribution in [3.63, 3.8) is 0 Å². The van der Waals surface area contributed by atoms with Crippen LogP contribution in [0.5, 0.6) is 0 Å². The van der Waals surface area contributed by atoms with E-state index in [4.69, 9.17) is 9.47 Å². The second-order valence-corrected chi connectivity index (χ2v) is 6.59. The summed E-state index contributed by atoms with van der Waals surface area (Å²) in [5.74, 6) is 0.697. The average Bonchev–Trinajstić information content (AvgIpc) is 2.98. The summed E-state index contributed by atoms with van der Waals surface area (Å²) in [6.45, 7) is 9.04. The molecule has 2 heterocycles.